The van der Waals surface area contributed by atoms with Gasteiger partial charge in [0.25, 0.3) is 0 Å². The number of amides is 1. The number of hydrogen-bond acceptors (Lipinski definition) is 18. The van der Waals surface area contributed by atoms with E-state index in [-0.39, 0.29) is 18.9 Å². The van der Waals surface area contributed by atoms with Gasteiger partial charge in [-0.2, -0.15) is 0 Å². The molecular weight excluding hydrogens is 987 g/mol. The first-order chi connectivity index (χ1) is 36.8. The lowest BCUT2D eigenvalue weighted by atomic mass is 9.96. The van der Waals surface area contributed by atoms with E-state index in [1.54, 1.807) is 6.08 Å². The van der Waals surface area contributed by atoms with Gasteiger partial charge in [0.1, 0.15) is 73.2 Å². The number of aliphatic hydroxyl groups is 11. The average Bonchev–Trinajstić information content (AvgIpc) is 3.42. The van der Waals surface area contributed by atoms with Crippen LogP contribution in [0.1, 0.15) is 200 Å². The van der Waals surface area contributed by atoms with E-state index in [0.29, 0.717) is 12.8 Å². The number of carbonyl (C=O) groups excluding carboxylic acids is 1. The fraction of sp³-hybridized carbons (Fsp3) is 0.912. The minimum atomic E-state index is -1.98. The van der Waals surface area contributed by atoms with E-state index in [1.807, 2.05) is 6.08 Å². The molecule has 3 heterocycles. The van der Waals surface area contributed by atoms with Gasteiger partial charge in [0.05, 0.1) is 38.6 Å². The molecule has 76 heavy (non-hydrogen) atoms. The number of allylic oxidation sites excluding steroid dienone is 3. The molecule has 19 heteroatoms. The fourth-order valence-electron chi connectivity index (χ4n) is 10.1. The van der Waals surface area contributed by atoms with Crippen molar-refractivity contribution in [3.8, 4) is 0 Å². The summed E-state index contributed by atoms with van der Waals surface area (Å²) < 4.78 is 34.1. The SMILES string of the molecule is CCCCCCCCCCCCCCCCCCCCCC/C=C/CC/C=C/C(O)C(COC1OC(CO)C(OC2OC(CO)C(OC3OC(CO)C(O)C(O)C3O)C(O)C2O)C(O)C1O)NC(=O)CCCCCCC. The summed E-state index contributed by atoms with van der Waals surface area (Å²) in [5, 5.41) is 119. The van der Waals surface area contributed by atoms with Crippen molar-refractivity contribution in [2.75, 3.05) is 26.4 Å². The van der Waals surface area contributed by atoms with E-state index in [4.69, 9.17) is 28.4 Å². The summed E-state index contributed by atoms with van der Waals surface area (Å²) in [4.78, 5) is 13.1. The number of nitrogens with one attached hydrogen (secondary N) is 1. The summed E-state index contributed by atoms with van der Waals surface area (Å²) in [6.07, 6.45) is 15.4. The second-order valence-electron chi connectivity index (χ2n) is 21.5. The smallest absolute Gasteiger partial charge is 0.220 e. The number of unbranched alkanes of at least 4 members (excludes halogenated alkanes) is 25. The molecule has 1 amide bonds. The van der Waals surface area contributed by atoms with Crippen LogP contribution in [0.3, 0.4) is 0 Å². The first-order valence-corrected chi connectivity index (χ1v) is 29.6. The second-order valence-corrected chi connectivity index (χ2v) is 21.5. The van der Waals surface area contributed by atoms with Crippen LogP contribution < -0.4 is 5.32 Å². The van der Waals surface area contributed by atoms with E-state index < -0.39 is 124 Å². The van der Waals surface area contributed by atoms with Crippen molar-refractivity contribution in [3.05, 3.63) is 24.3 Å². The second kappa shape index (κ2) is 41.3. The number of rotatable bonds is 43. The summed E-state index contributed by atoms with van der Waals surface area (Å²) in [5.41, 5.74) is 0. The minimum absolute atomic E-state index is 0.232. The van der Waals surface area contributed by atoms with E-state index in [0.717, 1.165) is 44.9 Å². The van der Waals surface area contributed by atoms with Crippen LogP contribution in [0.5, 0.6) is 0 Å². The van der Waals surface area contributed by atoms with Crippen molar-refractivity contribution >= 4 is 5.91 Å². The van der Waals surface area contributed by atoms with Crippen LogP contribution in [0.15, 0.2) is 24.3 Å². The van der Waals surface area contributed by atoms with Crippen LogP contribution in [0.2, 0.25) is 0 Å². The monoisotopic (exact) mass is 1090 g/mol. The maximum absolute atomic E-state index is 13.1. The average molecular weight is 1090 g/mol. The van der Waals surface area contributed by atoms with Crippen molar-refractivity contribution in [1.29, 1.82) is 0 Å². The molecule has 3 saturated heterocycles. The predicted molar refractivity (Wildman–Crippen MR) is 286 cm³/mol. The molecule has 17 atom stereocenters. The summed E-state index contributed by atoms with van der Waals surface area (Å²) in [7, 11) is 0. The molecule has 19 nitrogen and oxygen atoms in total. The van der Waals surface area contributed by atoms with Gasteiger partial charge in [-0.05, 0) is 32.1 Å². The zero-order valence-corrected chi connectivity index (χ0v) is 46.2. The highest BCUT2D eigenvalue weighted by Gasteiger charge is 2.53. The molecule has 0 aromatic heterocycles. The maximum atomic E-state index is 13.1. The van der Waals surface area contributed by atoms with Crippen LogP contribution in [-0.4, -0.2) is 193 Å². The normalized spacial score (nSPS) is 31.1. The van der Waals surface area contributed by atoms with E-state index >= 15 is 0 Å². The van der Waals surface area contributed by atoms with Gasteiger partial charge in [-0.3, -0.25) is 4.79 Å². The third-order valence-electron chi connectivity index (χ3n) is 15.0. The Morgan fingerprint density at radius 1 is 0.461 bits per heavy atom. The van der Waals surface area contributed by atoms with Crippen LogP contribution in [0.4, 0.5) is 0 Å². The molecule has 3 aliphatic heterocycles. The summed E-state index contributed by atoms with van der Waals surface area (Å²) >= 11 is 0. The minimum Gasteiger partial charge on any atom is -0.394 e. The Morgan fingerprint density at radius 3 is 1.32 bits per heavy atom. The van der Waals surface area contributed by atoms with Crippen molar-refractivity contribution in [2.45, 2.75) is 304 Å². The van der Waals surface area contributed by atoms with Crippen molar-refractivity contribution in [2.24, 2.45) is 0 Å². The van der Waals surface area contributed by atoms with Gasteiger partial charge in [0, 0.05) is 6.42 Å². The Balaban J connectivity index is 1.41. The summed E-state index contributed by atoms with van der Waals surface area (Å²) in [6.45, 7) is 1.59. The third kappa shape index (κ3) is 25.4. The van der Waals surface area contributed by atoms with Crippen LogP contribution in [0, 0.1) is 0 Å². The molecular formula is C57H105NO18. The molecule has 0 aliphatic carbocycles. The lowest BCUT2D eigenvalue weighted by Crippen LogP contribution is -2.66. The molecule has 17 unspecified atom stereocenters. The Hall–Kier alpha value is -1.73. The van der Waals surface area contributed by atoms with Gasteiger partial charge < -0.3 is 89.9 Å². The molecule has 0 aromatic rings. The third-order valence-corrected chi connectivity index (χ3v) is 15.0. The quantitative estimate of drug-likeness (QED) is 0.0289. The molecule has 0 aromatic carbocycles. The first-order valence-electron chi connectivity index (χ1n) is 29.6. The standard InChI is InChI=1S/C57H105NO18/c1-3-5-7-9-10-11-12-13-14-15-16-17-18-19-20-21-22-23-24-25-26-27-28-29-31-32-34-41(62)40(58-45(63)35-33-30-8-6-4-2)39-71-55-51(69)48(66)53(43(37-60)73-55)76-57-52(70)49(67)54(44(38-61)74-57)75-56-50(68)47(65)46(64)42(36-59)72-56/h27-28,32,34,40-44,46-57,59-62,64-70H,3-26,29-31,33,35-39H2,1-2H3,(H,58,63)/b28-27+,34-32+. The lowest BCUT2D eigenvalue weighted by Gasteiger charge is -2.48. The lowest BCUT2D eigenvalue weighted by molar-refractivity contribution is -0.379. The summed E-state index contributed by atoms with van der Waals surface area (Å²) in [5.74, 6) is -0.299. The van der Waals surface area contributed by atoms with Crippen molar-refractivity contribution in [3.63, 3.8) is 0 Å². The number of hydrogen-bond donors (Lipinski definition) is 12. The van der Waals surface area contributed by atoms with Gasteiger partial charge in [-0.15, -0.1) is 0 Å². The molecule has 446 valence electrons. The Kier molecular flexibility index (Phi) is 37.2. The number of aliphatic hydroxyl groups excluding tert-OH is 11. The number of carbonyl (C=O) groups is 1. The molecule has 0 radical (unpaired) electrons. The first kappa shape index (κ1) is 68.5. The van der Waals surface area contributed by atoms with Gasteiger partial charge >= 0.3 is 0 Å². The van der Waals surface area contributed by atoms with Crippen molar-refractivity contribution < 1.29 is 89.4 Å². The Morgan fingerprint density at radius 2 is 0.842 bits per heavy atom. The van der Waals surface area contributed by atoms with Gasteiger partial charge in [0.2, 0.25) is 5.91 Å². The molecule has 0 saturated carbocycles. The van der Waals surface area contributed by atoms with Gasteiger partial charge in [-0.25, -0.2) is 0 Å². The van der Waals surface area contributed by atoms with E-state index in [1.165, 1.54) is 122 Å². The molecule has 3 fully saturated rings. The van der Waals surface area contributed by atoms with Crippen LogP contribution in [0.25, 0.3) is 0 Å². The molecule has 3 rings (SSSR count). The Labute approximate surface area is 454 Å². The molecule has 3 aliphatic rings. The fourth-order valence-corrected chi connectivity index (χ4v) is 10.1. The zero-order chi connectivity index (χ0) is 55.5. The highest BCUT2D eigenvalue weighted by atomic mass is 16.8. The Bertz CT molecular complexity index is 1490. The van der Waals surface area contributed by atoms with Crippen molar-refractivity contribution in [1.82, 2.24) is 5.32 Å². The molecule has 0 bridgehead atoms. The molecule has 0 spiro atoms. The van der Waals surface area contributed by atoms with Gasteiger partial charge in [-0.1, -0.05) is 186 Å². The van der Waals surface area contributed by atoms with E-state index in [9.17, 15) is 61.0 Å². The highest BCUT2D eigenvalue weighted by molar-refractivity contribution is 5.76. The maximum Gasteiger partial charge on any atom is 0.220 e. The highest BCUT2D eigenvalue weighted by Crippen LogP contribution is 2.33. The van der Waals surface area contributed by atoms with Gasteiger partial charge in [0.15, 0.2) is 18.9 Å². The van der Waals surface area contributed by atoms with Crippen LogP contribution in [-0.2, 0) is 33.2 Å². The molecule has 12 N–H and O–H groups in total. The zero-order valence-electron chi connectivity index (χ0n) is 46.2. The van der Waals surface area contributed by atoms with E-state index in [2.05, 4.69) is 31.3 Å². The predicted octanol–water partition coefficient (Wildman–Crippen LogP) is 4.76. The number of ether oxygens (including phenoxy) is 6. The summed E-state index contributed by atoms with van der Waals surface area (Å²) in [6, 6.07) is -0.982. The topological polar surface area (TPSA) is 307 Å². The van der Waals surface area contributed by atoms with Crippen LogP contribution >= 0.6 is 0 Å². The largest absolute Gasteiger partial charge is 0.394 e.